The summed E-state index contributed by atoms with van der Waals surface area (Å²) in [5, 5.41) is 2.72. The Hall–Kier alpha value is -1.68. The van der Waals surface area contributed by atoms with Crippen LogP contribution in [0, 0.1) is 0 Å². The fraction of sp³-hybridized carbons (Fsp3) is 0.167. The smallest absolute Gasteiger partial charge is 0.169 e. The van der Waals surface area contributed by atoms with E-state index >= 15 is 0 Å². The molecule has 3 nitrogen and oxygen atoms in total. The highest BCUT2D eigenvalue weighted by atomic mass is 32.1. The molecule has 16 heavy (non-hydrogen) atoms. The van der Waals surface area contributed by atoms with Gasteiger partial charge in [0.1, 0.15) is 10.8 Å². The molecule has 82 valence electrons. The molecular weight excluding hydrogens is 222 g/mol. The summed E-state index contributed by atoms with van der Waals surface area (Å²) < 4.78 is 5.03. The molecule has 0 bridgehead atoms. The summed E-state index contributed by atoms with van der Waals surface area (Å²) in [6.45, 7) is 0. The van der Waals surface area contributed by atoms with Crippen molar-refractivity contribution in [2.75, 3.05) is 7.11 Å². The molecule has 0 unspecified atom stereocenters. The number of carbonyl (C=O) groups is 1. The van der Waals surface area contributed by atoms with Crippen LogP contribution in [0.15, 0.2) is 35.8 Å². The van der Waals surface area contributed by atoms with Gasteiger partial charge >= 0.3 is 0 Å². The predicted molar refractivity (Wildman–Crippen MR) is 63.1 cm³/mol. The largest absolute Gasteiger partial charge is 0.497 e. The van der Waals surface area contributed by atoms with Crippen LogP contribution < -0.4 is 4.74 Å². The Bertz CT molecular complexity index is 462. The van der Waals surface area contributed by atoms with E-state index in [-0.39, 0.29) is 5.78 Å². The lowest BCUT2D eigenvalue weighted by atomic mass is 10.1. The van der Waals surface area contributed by atoms with Crippen LogP contribution in [0.25, 0.3) is 0 Å². The van der Waals surface area contributed by atoms with Gasteiger partial charge in [-0.15, -0.1) is 11.3 Å². The van der Waals surface area contributed by atoms with E-state index in [2.05, 4.69) is 4.98 Å². The SMILES string of the molecule is COc1ccc(C(=O)Cc2nccs2)cc1. The van der Waals surface area contributed by atoms with Crippen molar-refractivity contribution < 1.29 is 9.53 Å². The highest BCUT2D eigenvalue weighted by Crippen LogP contribution is 2.14. The van der Waals surface area contributed by atoms with Gasteiger partial charge in [0.05, 0.1) is 13.5 Å². The predicted octanol–water partition coefficient (Wildman–Crippen LogP) is 2.58. The summed E-state index contributed by atoms with van der Waals surface area (Å²) in [7, 11) is 1.60. The minimum atomic E-state index is 0.0811. The number of rotatable bonds is 4. The lowest BCUT2D eigenvalue weighted by Crippen LogP contribution is -2.02. The normalized spacial score (nSPS) is 10.1. The van der Waals surface area contributed by atoms with E-state index in [0.717, 1.165) is 10.8 Å². The topological polar surface area (TPSA) is 39.2 Å². The van der Waals surface area contributed by atoms with E-state index < -0.39 is 0 Å². The van der Waals surface area contributed by atoms with Gasteiger partial charge in [0.2, 0.25) is 0 Å². The Morgan fingerprint density at radius 3 is 2.69 bits per heavy atom. The van der Waals surface area contributed by atoms with Crippen molar-refractivity contribution in [3.8, 4) is 5.75 Å². The van der Waals surface area contributed by atoms with Gasteiger partial charge in [0.15, 0.2) is 5.78 Å². The van der Waals surface area contributed by atoms with Crippen LogP contribution in [0.3, 0.4) is 0 Å². The molecule has 0 aliphatic heterocycles. The number of nitrogens with zero attached hydrogens (tertiary/aromatic N) is 1. The molecule has 0 aliphatic rings. The molecule has 0 saturated heterocycles. The van der Waals surface area contributed by atoms with Crippen LogP contribution in [0.4, 0.5) is 0 Å². The minimum Gasteiger partial charge on any atom is -0.497 e. The molecule has 0 saturated carbocycles. The van der Waals surface area contributed by atoms with Crippen molar-refractivity contribution in [3.05, 3.63) is 46.4 Å². The van der Waals surface area contributed by atoms with E-state index in [4.69, 9.17) is 4.74 Å². The summed E-state index contributed by atoms with van der Waals surface area (Å²) in [5.74, 6) is 0.836. The second-order valence-corrected chi connectivity index (χ2v) is 4.23. The van der Waals surface area contributed by atoms with Crippen LogP contribution in [-0.2, 0) is 6.42 Å². The third-order valence-corrected chi connectivity index (χ3v) is 2.99. The van der Waals surface area contributed by atoms with Crippen LogP contribution in [0.2, 0.25) is 0 Å². The first kappa shape index (κ1) is 10.8. The van der Waals surface area contributed by atoms with E-state index in [0.29, 0.717) is 12.0 Å². The van der Waals surface area contributed by atoms with Crippen LogP contribution in [-0.4, -0.2) is 17.9 Å². The van der Waals surface area contributed by atoms with Gasteiger partial charge in [-0.05, 0) is 24.3 Å². The molecule has 2 aromatic rings. The first-order valence-electron chi connectivity index (χ1n) is 4.85. The molecule has 4 heteroatoms. The number of benzene rings is 1. The molecule has 0 amide bonds. The lowest BCUT2D eigenvalue weighted by Gasteiger charge is -2.01. The fourth-order valence-corrected chi connectivity index (χ4v) is 1.97. The minimum absolute atomic E-state index is 0.0811. The molecule has 0 aliphatic carbocycles. The molecule has 1 heterocycles. The lowest BCUT2D eigenvalue weighted by molar-refractivity contribution is 0.0993. The first-order chi connectivity index (χ1) is 7.79. The maximum absolute atomic E-state index is 11.8. The van der Waals surface area contributed by atoms with Gasteiger partial charge in [-0.3, -0.25) is 4.79 Å². The van der Waals surface area contributed by atoms with Gasteiger partial charge in [0.25, 0.3) is 0 Å². The zero-order valence-electron chi connectivity index (χ0n) is 8.84. The highest BCUT2D eigenvalue weighted by Gasteiger charge is 2.08. The molecule has 1 aromatic carbocycles. The monoisotopic (exact) mass is 233 g/mol. The number of thiazole rings is 1. The highest BCUT2D eigenvalue weighted by molar-refractivity contribution is 7.09. The van der Waals surface area contributed by atoms with E-state index in [9.17, 15) is 4.79 Å². The Morgan fingerprint density at radius 1 is 1.38 bits per heavy atom. The molecule has 2 rings (SSSR count). The third kappa shape index (κ3) is 2.46. The number of ether oxygens (including phenoxy) is 1. The maximum atomic E-state index is 11.8. The molecule has 0 atom stereocenters. The van der Waals surface area contributed by atoms with Gasteiger partial charge in [-0.2, -0.15) is 0 Å². The number of Topliss-reactive ketones (excluding diaryl/α,β-unsaturated/α-hetero) is 1. The number of methoxy groups -OCH3 is 1. The zero-order valence-corrected chi connectivity index (χ0v) is 9.66. The average Bonchev–Trinajstić information content (AvgIpc) is 2.82. The molecule has 0 fully saturated rings. The first-order valence-corrected chi connectivity index (χ1v) is 5.73. The van der Waals surface area contributed by atoms with Crippen LogP contribution in [0.5, 0.6) is 5.75 Å². The Balaban J connectivity index is 2.09. The van der Waals surface area contributed by atoms with Gasteiger partial charge < -0.3 is 4.74 Å². The van der Waals surface area contributed by atoms with Gasteiger partial charge in [0, 0.05) is 17.1 Å². The van der Waals surface area contributed by atoms with Crippen LogP contribution in [0.1, 0.15) is 15.4 Å². The Labute approximate surface area is 97.7 Å². The van der Waals surface area contributed by atoms with Gasteiger partial charge in [-0.25, -0.2) is 4.98 Å². The summed E-state index contributed by atoms with van der Waals surface area (Å²) in [6.07, 6.45) is 2.07. The summed E-state index contributed by atoms with van der Waals surface area (Å²) in [4.78, 5) is 15.9. The number of carbonyl (C=O) groups excluding carboxylic acids is 1. The maximum Gasteiger partial charge on any atom is 0.169 e. The van der Waals surface area contributed by atoms with E-state index in [1.165, 1.54) is 11.3 Å². The molecule has 1 aromatic heterocycles. The average molecular weight is 233 g/mol. The summed E-state index contributed by atoms with van der Waals surface area (Å²) >= 11 is 1.50. The Kier molecular flexibility index (Phi) is 3.31. The number of hydrogen-bond acceptors (Lipinski definition) is 4. The number of hydrogen-bond donors (Lipinski definition) is 0. The van der Waals surface area contributed by atoms with Gasteiger partial charge in [-0.1, -0.05) is 0 Å². The quantitative estimate of drug-likeness (QED) is 0.762. The number of aromatic nitrogens is 1. The van der Waals surface area contributed by atoms with Crippen molar-refractivity contribution in [1.82, 2.24) is 4.98 Å². The van der Waals surface area contributed by atoms with Crippen molar-refractivity contribution in [2.24, 2.45) is 0 Å². The molecule has 0 spiro atoms. The summed E-state index contributed by atoms with van der Waals surface area (Å²) in [6, 6.07) is 7.12. The second-order valence-electron chi connectivity index (χ2n) is 3.25. The third-order valence-electron chi connectivity index (χ3n) is 2.21. The van der Waals surface area contributed by atoms with E-state index in [1.54, 1.807) is 37.6 Å². The zero-order chi connectivity index (χ0) is 11.4. The van der Waals surface area contributed by atoms with Crippen LogP contribution >= 0.6 is 11.3 Å². The fourth-order valence-electron chi connectivity index (χ4n) is 1.36. The molecule has 0 N–H and O–H groups in total. The Morgan fingerprint density at radius 2 is 2.12 bits per heavy atom. The van der Waals surface area contributed by atoms with Crippen molar-refractivity contribution >= 4 is 17.1 Å². The standard InChI is InChI=1S/C12H11NO2S/c1-15-10-4-2-9(3-5-10)11(14)8-12-13-6-7-16-12/h2-7H,8H2,1H3. The second kappa shape index (κ2) is 4.90. The van der Waals surface area contributed by atoms with Crippen molar-refractivity contribution in [2.45, 2.75) is 6.42 Å². The van der Waals surface area contributed by atoms with Crippen molar-refractivity contribution in [1.29, 1.82) is 0 Å². The summed E-state index contributed by atoms with van der Waals surface area (Å²) in [5.41, 5.74) is 0.691. The number of ketones is 1. The molecule has 0 radical (unpaired) electrons. The van der Waals surface area contributed by atoms with Crippen molar-refractivity contribution in [3.63, 3.8) is 0 Å². The molecular formula is C12H11NO2S. The van der Waals surface area contributed by atoms with E-state index in [1.807, 2.05) is 5.38 Å².